The van der Waals surface area contributed by atoms with Gasteiger partial charge in [0.15, 0.2) is 11.8 Å². The van der Waals surface area contributed by atoms with E-state index in [1.54, 1.807) is 33.9 Å². The Balaban J connectivity index is 2.78. The Bertz CT molecular complexity index is 535. The molecule has 130 valence electrons. The number of rotatable bonds is 7. The van der Waals surface area contributed by atoms with Crippen LogP contribution >= 0.6 is 0 Å². The highest BCUT2D eigenvalue weighted by molar-refractivity contribution is 5.80. The third-order valence-electron chi connectivity index (χ3n) is 2.89. The molecule has 8 nitrogen and oxygen atoms in total. The summed E-state index contributed by atoms with van der Waals surface area (Å²) in [6, 6.07) is -1.79. The molecule has 0 aliphatic carbocycles. The monoisotopic (exact) mass is 327 g/mol. The number of carboxylic acids is 1. The summed E-state index contributed by atoms with van der Waals surface area (Å²) in [7, 11) is 0. The largest absolute Gasteiger partial charge is 0.490 e. The van der Waals surface area contributed by atoms with E-state index in [4.69, 9.17) is 9.47 Å². The van der Waals surface area contributed by atoms with Gasteiger partial charge in [0.1, 0.15) is 5.60 Å². The van der Waals surface area contributed by atoms with Crippen molar-refractivity contribution in [2.75, 3.05) is 6.61 Å². The molecule has 0 radical (unpaired) electrons. The molecule has 0 saturated heterocycles. The molecule has 0 aliphatic heterocycles. The fourth-order valence-electron chi connectivity index (χ4n) is 1.81. The Morgan fingerprint density at radius 2 is 2.09 bits per heavy atom. The number of ether oxygens (including phenoxy) is 2. The van der Waals surface area contributed by atoms with Crippen LogP contribution in [-0.4, -0.2) is 45.2 Å². The molecule has 0 bridgehead atoms. The van der Waals surface area contributed by atoms with Crippen LogP contribution in [0.3, 0.4) is 0 Å². The predicted octanol–water partition coefficient (Wildman–Crippen LogP) is 2.21. The number of alkyl carbamates (subject to hydrolysis) is 1. The molecule has 8 heteroatoms. The average molecular weight is 327 g/mol. The number of aliphatic carboxylic acids is 1. The summed E-state index contributed by atoms with van der Waals surface area (Å²) >= 11 is 0. The standard InChI is InChI=1S/C15H25N3O5/c1-6-7-22-11-8-16-18(9-11)10(2)12(13(19)20)17-14(21)23-15(3,4)5/h8-10,12H,6-7H2,1-5H3,(H,17,21)(H,19,20). The number of aromatic nitrogens is 2. The van der Waals surface area contributed by atoms with Gasteiger partial charge >= 0.3 is 12.1 Å². The van der Waals surface area contributed by atoms with Crippen LogP contribution in [0.15, 0.2) is 12.4 Å². The van der Waals surface area contributed by atoms with Gasteiger partial charge in [0, 0.05) is 0 Å². The highest BCUT2D eigenvalue weighted by atomic mass is 16.6. The number of nitrogens with one attached hydrogen (secondary N) is 1. The molecular weight excluding hydrogens is 302 g/mol. The van der Waals surface area contributed by atoms with Crippen LogP contribution < -0.4 is 10.1 Å². The molecule has 1 heterocycles. The zero-order valence-corrected chi connectivity index (χ0v) is 14.2. The summed E-state index contributed by atoms with van der Waals surface area (Å²) in [5.74, 6) is -0.616. The second-order valence-electron chi connectivity index (χ2n) is 6.21. The van der Waals surface area contributed by atoms with Crippen molar-refractivity contribution in [3.8, 4) is 5.75 Å². The van der Waals surface area contributed by atoms with E-state index in [2.05, 4.69) is 10.4 Å². The molecule has 0 spiro atoms. The van der Waals surface area contributed by atoms with E-state index >= 15 is 0 Å². The Morgan fingerprint density at radius 3 is 2.61 bits per heavy atom. The van der Waals surface area contributed by atoms with E-state index < -0.39 is 29.7 Å². The van der Waals surface area contributed by atoms with Gasteiger partial charge in [0.05, 0.1) is 25.0 Å². The first-order chi connectivity index (χ1) is 10.6. The fraction of sp³-hybridized carbons (Fsp3) is 0.667. The molecule has 0 saturated carbocycles. The fourth-order valence-corrected chi connectivity index (χ4v) is 1.81. The maximum atomic E-state index is 11.8. The van der Waals surface area contributed by atoms with Gasteiger partial charge < -0.3 is 19.9 Å². The number of nitrogens with zero attached hydrogens (tertiary/aromatic N) is 2. The van der Waals surface area contributed by atoms with E-state index in [1.165, 1.54) is 10.9 Å². The number of hydrogen-bond donors (Lipinski definition) is 2. The highest BCUT2D eigenvalue weighted by Crippen LogP contribution is 2.17. The summed E-state index contributed by atoms with van der Waals surface area (Å²) in [5, 5.41) is 15.8. The summed E-state index contributed by atoms with van der Waals surface area (Å²) in [5.41, 5.74) is -0.705. The van der Waals surface area contributed by atoms with Crippen molar-refractivity contribution in [2.24, 2.45) is 0 Å². The van der Waals surface area contributed by atoms with Crippen molar-refractivity contribution in [1.29, 1.82) is 0 Å². The van der Waals surface area contributed by atoms with Crippen LogP contribution in [0.4, 0.5) is 4.79 Å². The van der Waals surface area contributed by atoms with E-state index in [1.807, 2.05) is 6.92 Å². The minimum Gasteiger partial charge on any atom is -0.490 e. The molecule has 0 aromatic carbocycles. The average Bonchev–Trinajstić information content (AvgIpc) is 2.88. The van der Waals surface area contributed by atoms with Gasteiger partial charge in [0.2, 0.25) is 0 Å². The van der Waals surface area contributed by atoms with Crippen LogP contribution in [0, 0.1) is 0 Å². The van der Waals surface area contributed by atoms with Crippen molar-refractivity contribution >= 4 is 12.1 Å². The van der Waals surface area contributed by atoms with Crippen molar-refractivity contribution in [3.63, 3.8) is 0 Å². The number of hydrogen-bond acceptors (Lipinski definition) is 5. The number of amides is 1. The maximum Gasteiger partial charge on any atom is 0.408 e. The molecule has 2 atom stereocenters. The van der Waals surface area contributed by atoms with Gasteiger partial charge in [-0.05, 0) is 34.1 Å². The van der Waals surface area contributed by atoms with Crippen molar-refractivity contribution in [2.45, 2.75) is 58.7 Å². The van der Waals surface area contributed by atoms with Gasteiger partial charge in [-0.3, -0.25) is 4.68 Å². The lowest BCUT2D eigenvalue weighted by atomic mass is 10.1. The first-order valence-electron chi connectivity index (χ1n) is 7.53. The Morgan fingerprint density at radius 1 is 1.43 bits per heavy atom. The lowest BCUT2D eigenvalue weighted by Crippen LogP contribution is -2.47. The van der Waals surface area contributed by atoms with E-state index in [-0.39, 0.29) is 0 Å². The second kappa shape index (κ2) is 7.85. The summed E-state index contributed by atoms with van der Waals surface area (Å²) in [6.07, 6.45) is 3.19. The van der Waals surface area contributed by atoms with Gasteiger partial charge in [-0.2, -0.15) is 5.10 Å². The topological polar surface area (TPSA) is 103 Å². The Labute approximate surface area is 135 Å². The van der Waals surface area contributed by atoms with Crippen LogP contribution in [-0.2, 0) is 9.53 Å². The van der Waals surface area contributed by atoms with Crippen LogP contribution in [0.25, 0.3) is 0 Å². The SMILES string of the molecule is CCCOc1cnn(C(C)C(NC(=O)OC(C)(C)C)C(=O)O)c1. The molecular formula is C15H25N3O5. The second-order valence-corrected chi connectivity index (χ2v) is 6.21. The van der Waals surface area contributed by atoms with E-state index in [9.17, 15) is 14.7 Å². The molecule has 0 aliphatic rings. The quantitative estimate of drug-likeness (QED) is 0.796. The van der Waals surface area contributed by atoms with E-state index in [0.717, 1.165) is 6.42 Å². The molecule has 1 aromatic heterocycles. The van der Waals surface area contributed by atoms with Crippen molar-refractivity contribution in [1.82, 2.24) is 15.1 Å². The molecule has 0 fully saturated rings. The van der Waals surface area contributed by atoms with Crippen molar-refractivity contribution < 1.29 is 24.2 Å². The van der Waals surface area contributed by atoms with Crippen molar-refractivity contribution in [3.05, 3.63) is 12.4 Å². The molecule has 23 heavy (non-hydrogen) atoms. The number of carbonyl (C=O) groups excluding carboxylic acids is 1. The smallest absolute Gasteiger partial charge is 0.408 e. The molecule has 1 rings (SSSR count). The Hall–Kier alpha value is -2.25. The van der Waals surface area contributed by atoms with Crippen LogP contribution in [0.1, 0.15) is 47.1 Å². The minimum absolute atomic E-state index is 0.554. The van der Waals surface area contributed by atoms with Gasteiger partial charge in [-0.25, -0.2) is 9.59 Å². The molecule has 2 unspecified atom stereocenters. The number of carbonyl (C=O) groups is 2. The zero-order valence-electron chi connectivity index (χ0n) is 14.2. The van der Waals surface area contributed by atoms with Crippen LogP contribution in [0.2, 0.25) is 0 Å². The van der Waals surface area contributed by atoms with Gasteiger partial charge in [0.25, 0.3) is 0 Å². The first kappa shape index (κ1) is 18.8. The summed E-state index contributed by atoms with van der Waals surface area (Å²) < 4.78 is 12.0. The predicted molar refractivity (Wildman–Crippen MR) is 83.5 cm³/mol. The van der Waals surface area contributed by atoms with Gasteiger partial charge in [-0.1, -0.05) is 6.92 Å². The first-order valence-corrected chi connectivity index (χ1v) is 7.53. The zero-order chi connectivity index (χ0) is 17.6. The third kappa shape index (κ3) is 6.17. The Kier molecular flexibility index (Phi) is 6.41. The summed E-state index contributed by atoms with van der Waals surface area (Å²) in [4.78, 5) is 23.3. The highest BCUT2D eigenvalue weighted by Gasteiger charge is 2.30. The summed E-state index contributed by atoms with van der Waals surface area (Å²) in [6.45, 7) is 9.30. The van der Waals surface area contributed by atoms with E-state index in [0.29, 0.717) is 12.4 Å². The van der Waals surface area contributed by atoms with Gasteiger partial charge in [-0.15, -0.1) is 0 Å². The number of carboxylic acid groups (broad SMARTS) is 1. The minimum atomic E-state index is -1.18. The molecule has 1 amide bonds. The lowest BCUT2D eigenvalue weighted by molar-refractivity contribution is -0.140. The lowest BCUT2D eigenvalue weighted by Gasteiger charge is -2.25. The molecule has 2 N–H and O–H groups in total. The normalized spacial score (nSPS) is 14.0. The molecule has 1 aromatic rings. The third-order valence-corrected chi connectivity index (χ3v) is 2.89. The van der Waals surface area contributed by atoms with Crippen LogP contribution in [0.5, 0.6) is 5.75 Å². The maximum absolute atomic E-state index is 11.8.